The number of furan rings is 1. The second kappa shape index (κ2) is 8.95. The normalized spacial score (nSPS) is 20.5. The Morgan fingerprint density at radius 3 is 2.59 bits per heavy atom. The number of nitrogens with zero attached hydrogens (tertiary/aromatic N) is 1. The van der Waals surface area contributed by atoms with Crippen LogP contribution in [0.25, 0.3) is 33.4 Å². The maximum atomic E-state index is 13.9. The smallest absolute Gasteiger partial charge is 0.265 e. The number of fused-ring (bicyclic) bond motifs is 2. The molecule has 3 aromatic carbocycles. The molecule has 2 atom stereocenters. The van der Waals surface area contributed by atoms with Gasteiger partial charge in [-0.25, -0.2) is 4.90 Å². The molecule has 1 aromatic heterocycles. The molecule has 2 unspecified atom stereocenters. The molecule has 0 spiro atoms. The Bertz CT molecular complexity index is 1820. The highest BCUT2D eigenvalue weighted by atomic mass is 16.3. The van der Waals surface area contributed by atoms with E-state index in [1.807, 2.05) is 67.6 Å². The van der Waals surface area contributed by atoms with E-state index in [0.717, 1.165) is 45.9 Å². The van der Waals surface area contributed by atoms with Gasteiger partial charge >= 0.3 is 0 Å². The van der Waals surface area contributed by atoms with Crippen molar-refractivity contribution in [1.29, 1.82) is 0 Å². The van der Waals surface area contributed by atoms with E-state index in [0.29, 0.717) is 33.9 Å². The van der Waals surface area contributed by atoms with Gasteiger partial charge in [-0.1, -0.05) is 73.4 Å². The third-order valence-corrected chi connectivity index (χ3v) is 8.22. The molecule has 2 heterocycles. The van der Waals surface area contributed by atoms with Crippen molar-refractivity contribution in [1.82, 2.24) is 4.90 Å². The fourth-order valence-corrected chi connectivity index (χ4v) is 6.39. The monoisotopic (exact) mass is 509 g/mol. The molecule has 0 N–H and O–H groups in total. The first-order valence-electron chi connectivity index (χ1n) is 13.4. The molecule has 39 heavy (non-hydrogen) atoms. The Labute approximate surface area is 226 Å². The largest absolute Gasteiger partial charge is 0.456 e. The summed E-state index contributed by atoms with van der Waals surface area (Å²) >= 11 is 0. The minimum Gasteiger partial charge on any atom is -0.456 e. The number of allylic oxidation sites excluding steroid dienone is 6. The maximum Gasteiger partial charge on any atom is 0.265 e. The van der Waals surface area contributed by atoms with Crippen LogP contribution in [0.4, 0.5) is 0 Å². The molecule has 0 radical (unpaired) electrons. The van der Waals surface area contributed by atoms with E-state index in [4.69, 9.17) is 4.42 Å². The summed E-state index contributed by atoms with van der Waals surface area (Å²) in [6.45, 7) is 5.97. The highest BCUT2D eigenvalue weighted by Gasteiger charge is 2.37. The summed E-state index contributed by atoms with van der Waals surface area (Å²) in [5.41, 5.74) is 5.37. The minimum absolute atomic E-state index is 0.208. The fourth-order valence-electron chi connectivity index (χ4n) is 6.39. The Morgan fingerprint density at radius 2 is 1.77 bits per heavy atom. The number of amides is 2. The first-order chi connectivity index (χ1) is 19.1. The highest BCUT2D eigenvalue weighted by molar-refractivity contribution is 6.27. The molecule has 4 aromatic rings. The van der Waals surface area contributed by atoms with E-state index in [1.165, 1.54) is 4.90 Å². The Kier molecular flexibility index (Phi) is 5.38. The van der Waals surface area contributed by atoms with Crippen LogP contribution >= 0.6 is 0 Å². The molecule has 0 bridgehead atoms. The SMILES string of the molecule is C=Cc1oc2ccccc2c1/C(=C\C)c1ccc2c3c(cccc13)C(=O)N(C1=CC3C=CCCC3C=C1)C2=O. The van der Waals surface area contributed by atoms with Crippen molar-refractivity contribution in [3.05, 3.63) is 131 Å². The van der Waals surface area contributed by atoms with Crippen molar-refractivity contribution in [3.63, 3.8) is 0 Å². The van der Waals surface area contributed by atoms with Gasteiger partial charge in [0.2, 0.25) is 0 Å². The van der Waals surface area contributed by atoms with Gasteiger partial charge in [-0.2, -0.15) is 0 Å². The van der Waals surface area contributed by atoms with Gasteiger partial charge in [0, 0.05) is 39.1 Å². The molecule has 4 heteroatoms. The first-order valence-corrected chi connectivity index (χ1v) is 13.4. The van der Waals surface area contributed by atoms with Crippen LogP contribution in [-0.2, 0) is 0 Å². The molecule has 4 nitrogen and oxygen atoms in total. The second-order valence-corrected chi connectivity index (χ2v) is 10.3. The zero-order chi connectivity index (χ0) is 26.7. The van der Waals surface area contributed by atoms with Crippen LogP contribution in [0.1, 0.15) is 57.4 Å². The molecule has 1 aliphatic heterocycles. The van der Waals surface area contributed by atoms with Crippen LogP contribution in [0.15, 0.2) is 108 Å². The fraction of sp³-hybridized carbons (Fsp3) is 0.143. The number of para-hydroxylation sites is 1. The number of benzene rings is 3. The topological polar surface area (TPSA) is 50.5 Å². The number of rotatable bonds is 4. The van der Waals surface area contributed by atoms with E-state index >= 15 is 0 Å². The predicted molar refractivity (Wildman–Crippen MR) is 156 cm³/mol. The quantitative estimate of drug-likeness (QED) is 0.205. The summed E-state index contributed by atoms with van der Waals surface area (Å²) in [6, 6.07) is 17.5. The van der Waals surface area contributed by atoms with Crippen molar-refractivity contribution >= 4 is 45.2 Å². The molecule has 2 aliphatic carbocycles. The van der Waals surface area contributed by atoms with Gasteiger partial charge in [-0.3, -0.25) is 9.59 Å². The molecule has 0 saturated carbocycles. The molecule has 190 valence electrons. The molecule has 0 fully saturated rings. The second-order valence-electron chi connectivity index (χ2n) is 10.3. The lowest BCUT2D eigenvalue weighted by molar-refractivity contribution is 0.0666. The van der Waals surface area contributed by atoms with Gasteiger partial charge in [0.05, 0.1) is 0 Å². The average molecular weight is 510 g/mol. The van der Waals surface area contributed by atoms with E-state index < -0.39 is 0 Å². The van der Waals surface area contributed by atoms with Crippen LogP contribution in [0, 0.1) is 11.8 Å². The lowest BCUT2D eigenvalue weighted by atomic mass is 9.80. The Morgan fingerprint density at radius 1 is 0.974 bits per heavy atom. The van der Waals surface area contributed by atoms with E-state index in [1.54, 1.807) is 6.08 Å². The predicted octanol–water partition coefficient (Wildman–Crippen LogP) is 8.31. The van der Waals surface area contributed by atoms with E-state index in [2.05, 4.69) is 37.0 Å². The van der Waals surface area contributed by atoms with Gasteiger partial charge in [-0.15, -0.1) is 0 Å². The van der Waals surface area contributed by atoms with Crippen molar-refractivity contribution < 1.29 is 14.0 Å². The number of imide groups is 1. The zero-order valence-electron chi connectivity index (χ0n) is 21.7. The van der Waals surface area contributed by atoms with Crippen molar-refractivity contribution in [2.45, 2.75) is 19.8 Å². The molecule has 2 amide bonds. The Balaban J connectivity index is 1.39. The molecule has 7 rings (SSSR count). The zero-order valence-corrected chi connectivity index (χ0v) is 21.7. The third kappa shape index (κ3) is 3.45. The van der Waals surface area contributed by atoms with Gasteiger partial charge < -0.3 is 4.42 Å². The number of carbonyl (C=O) groups excluding carboxylic acids is 2. The van der Waals surface area contributed by atoms with Crippen LogP contribution in [0.2, 0.25) is 0 Å². The van der Waals surface area contributed by atoms with Crippen LogP contribution in [0.3, 0.4) is 0 Å². The summed E-state index contributed by atoms with van der Waals surface area (Å²) in [5.74, 6) is 0.749. The van der Waals surface area contributed by atoms with Crippen molar-refractivity contribution in [2.24, 2.45) is 11.8 Å². The molecule has 0 saturated heterocycles. The molecule has 3 aliphatic rings. The summed E-state index contributed by atoms with van der Waals surface area (Å²) in [5, 5.41) is 2.55. The summed E-state index contributed by atoms with van der Waals surface area (Å²) in [4.78, 5) is 29.1. The summed E-state index contributed by atoms with van der Waals surface area (Å²) in [7, 11) is 0. The van der Waals surface area contributed by atoms with Crippen molar-refractivity contribution in [2.75, 3.05) is 0 Å². The summed E-state index contributed by atoms with van der Waals surface area (Å²) in [6.07, 6.45) is 16.5. The average Bonchev–Trinajstić information content (AvgIpc) is 3.35. The van der Waals surface area contributed by atoms with Gasteiger partial charge in [0.1, 0.15) is 11.3 Å². The van der Waals surface area contributed by atoms with Gasteiger partial charge in [-0.05, 0) is 72.6 Å². The third-order valence-electron chi connectivity index (χ3n) is 8.22. The van der Waals surface area contributed by atoms with Crippen LogP contribution < -0.4 is 0 Å². The lowest BCUT2D eigenvalue weighted by Crippen LogP contribution is -2.40. The Hall–Kier alpha value is -4.70. The standard InChI is InChI=1S/C35H27NO3/c1-3-24(33-27-12-7-8-15-31(27)39-30(33)4-2)25-18-19-29-32-26(25)13-9-14-28(32)34(37)36(35(29)38)23-17-16-21-10-5-6-11-22(21)20-23/h3-4,6-9,11-22H,2,5,10H2,1H3/b24-3-. The van der Waals surface area contributed by atoms with Crippen LogP contribution in [-0.4, -0.2) is 16.7 Å². The molecular weight excluding hydrogens is 482 g/mol. The lowest BCUT2D eigenvalue weighted by Gasteiger charge is -2.33. The van der Waals surface area contributed by atoms with Gasteiger partial charge in [0.25, 0.3) is 11.8 Å². The van der Waals surface area contributed by atoms with Crippen molar-refractivity contribution in [3.8, 4) is 0 Å². The first kappa shape index (κ1) is 23.4. The van der Waals surface area contributed by atoms with E-state index in [-0.39, 0.29) is 17.7 Å². The highest BCUT2D eigenvalue weighted by Crippen LogP contribution is 2.42. The maximum absolute atomic E-state index is 13.9. The number of hydrogen-bond donors (Lipinski definition) is 0. The number of hydrogen-bond acceptors (Lipinski definition) is 3. The van der Waals surface area contributed by atoms with Gasteiger partial charge in [0.15, 0.2) is 0 Å². The minimum atomic E-state index is -0.285. The van der Waals surface area contributed by atoms with Crippen LogP contribution in [0.5, 0.6) is 0 Å². The van der Waals surface area contributed by atoms with E-state index in [9.17, 15) is 9.59 Å². The summed E-state index contributed by atoms with van der Waals surface area (Å²) < 4.78 is 6.11. The molecular formula is C35H27NO3. The number of carbonyl (C=O) groups is 2.